The van der Waals surface area contributed by atoms with Crippen molar-refractivity contribution in [2.45, 2.75) is 70.9 Å². The Morgan fingerprint density at radius 2 is 1.73 bits per heavy atom. The molecule has 216 valence electrons. The van der Waals surface area contributed by atoms with Crippen LogP contribution in [0.1, 0.15) is 39.7 Å². The van der Waals surface area contributed by atoms with Gasteiger partial charge >= 0.3 is 6.03 Å². The summed E-state index contributed by atoms with van der Waals surface area (Å²) in [5, 5.41) is 8.85. The predicted molar refractivity (Wildman–Crippen MR) is 150 cm³/mol. The molecule has 5 atom stereocenters. The van der Waals surface area contributed by atoms with Crippen molar-refractivity contribution in [1.29, 1.82) is 0 Å². The summed E-state index contributed by atoms with van der Waals surface area (Å²) < 4.78 is 19.8. The fourth-order valence-electron chi connectivity index (χ4n) is 5.40. The molecule has 0 radical (unpaired) electrons. The van der Waals surface area contributed by atoms with Crippen LogP contribution in [0.5, 0.6) is 5.75 Å². The second-order valence-corrected chi connectivity index (χ2v) is 11.6. The van der Waals surface area contributed by atoms with E-state index in [-0.39, 0.29) is 36.2 Å². The van der Waals surface area contributed by atoms with Crippen molar-refractivity contribution < 1.29 is 23.5 Å². The maximum Gasteiger partial charge on any atom is 0.318 e. The van der Waals surface area contributed by atoms with Crippen molar-refractivity contribution >= 4 is 17.8 Å². The standard InChI is InChI=1S/C30H40FN5O4/c1-19(32-5)27(37)34-26(30(2,3)4)28(38)35-16-15-23-25(35)24(40-22-13-11-21(31)12-14-22)18-36(23)29(39)33-17-20-9-7-6-8-10-20/h6-14,19,23-26,32H,15-18H2,1-5H3,(H,33,39)(H,34,37)/t19-,23+,24-,25-,26+/m0/s1. The van der Waals surface area contributed by atoms with Crippen LogP contribution >= 0.6 is 0 Å². The number of hydrogen-bond acceptors (Lipinski definition) is 5. The second-order valence-electron chi connectivity index (χ2n) is 11.6. The Kier molecular flexibility index (Phi) is 8.98. The molecular formula is C30H40FN5O4. The van der Waals surface area contributed by atoms with E-state index in [2.05, 4.69) is 16.0 Å². The number of nitrogens with zero attached hydrogens (tertiary/aromatic N) is 2. The van der Waals surface area contributed by atoms with Gasteiger partial charge in [0.05, 0.1) is 24.7 Å². The molecule has 2 saturated heterocycles. The number of ether oxygens (including phenoxy) is 1. The summed E-state index contributed by atoms with van der Waals surface area (Å²) in [5.74, 6) is -0.398. The summed E-state index contributed by atoms with van der Waals surface area (Å²) in [4.78, 5) is 43.7. The Balaban J connectivity index is 1.58. The van der Waals surface area contributed by atoms with Crippen molar-refractivity contribution in [2.75, 3.05) is 20.1 Å². The Bertz CT molecular complexity index is 1190. The summed E-state index contributed by atoms with van der Waals surface area (Å²) in [7, 11) is 1.69. The Morgan fingerprint density at radius 1 is 1.05 bits per heavy atom. The number of likely N-dealkylation sites (N-methyl/N-ethyl adjacent to an activating group) is 1. The van der Waals surface area contributed by atoms with Gasteiger partial charge in [-0.25, -0.2) is 9.18 Å². The minimum absolute atomic E-state index is 0.212. The smallest absolute Gasteiger partial charge is 0.318 e. The predicted octanol–water partition coefficient (Wildman–Crippen LogP) is 2.91. The minimum Gasteiger partial charge on any atom is -0.486 e. The van der Waals surface area contributed by atoms with Crippen molar-refractivity contribution in [3.8, 4) is 5.75 Å². The molecule has 2 aromatic carbocycles. The monoisotopic (exact) mass is 553 g/mol. The Hall–Kier alpha value is -3.66. The van der Waals surface area contributed by atoms with Gasteiger partial charge in [0, 0.05) is 13.1 Å². The molecule has 2 fully saturated rings. The first-order valence-corrected chi connectivity index (χ1v) is 13.8. The van der Waals surface area contributed by atoms with Crippen LogP contribution in [0, 0.1) is 11.2 Å². The molecule has 2 aliphatic rings. The van der Waals surface area contributed by atoms with Gasteiger partial charge in [-0.3, -0.25) is 9.59 Å². The molecule has 3 N–H and O–H groups in total. The number of fused-ring (bicyclic) bond motifs is 1. The molecule has 0 spiro atoms. The van der Waals surface area contributed by atoms with Gasteiger partial charge < -0.3 is 30.5 Å². The third kappa shape index (κ3) is 6.55. The number of urea groups is 1. The number of nitrogens with one attached hydrogen (secondary N) is 3. The molecule has 10 heteroatoms. The van der Waals surface area contributed by atoms with Crippen LogP contribution in [-0.2, 0) is 16.1 Å². The van der Waals surface area contributed by atoms with Crippen molar-refractivity contribution in [3.05, 3.63) is 66.0 Å². The maximum absolute atomic E-state index is 14.1. The van der Waals surface area contributed by atoms with Crippen molar-refractivity contribution in [2.24, 2.45) is 5.41 Å². The van der Waals surface area contributed by atoms with Gasteiger partial charge in [0.2, 0.25) is 11.8 Å². The largest absolute Gasteiger partial charge is 0.486 e. The lowest BCUT2D eigenvalue weighted by Gasteiger charge is -2.37. The Labute approximate surface area is 235 Å². The van der Waals surface area contributed by atoms with Crippen LogP contribution in [0.25, 0.3) is 0 Å². The molecule has 2 heterocycles. The Morgan fingerprint density at radius 3 is 2.35 bits per heavy atom. The topological polar surface area (TPSA) is 103 Å². The molecule has 0 unspecified atom stereocenters. The summed E-state index contributed by atoms with van der Waals surface area (Å²) in [6.07, 6.45) is 0.0489. The third-order valence-electron chi connectivity index (χ3n) is 7.74. The van der Waals surface area contributed by atoms with Crippen molar-refractivity contribution in [3.63, 3.8) is 0 Å². The van der Waals surface area contributed by atoms with Crippen molar-refractivity contribution in [1.82, 2.24) is 25.8 Å². The quantitative estimate of drug-likeness (QED) is 0.467. The van der Waals surface area contributed by atoms with Gasteiger partial charge in [-0.05, 0) is 55.6 Å². The number of rotatable bonds is 8. The molecule has 0 aliphatic carbocycles. The number of halogens is 1. The molecule has 40 heavy (non-hydrogen) atoms. The lowest BCUT2D eigenvalue weighted by molar-refractivity contribution is -0.141. The molecule has 0 saturated carbocycles. The second kappa shape index (κ2) is 12.2. The molecule has 4 amide bonds. The number of carbonyl (C=O) groups is 3. The van der Waals surface area contributed by atoms with E-state index < -0.39 is 29.6 Å². The summed E-state index contributed by atoms with van der Waals surface area (Å²) in [6.45, 7) is 8.54. The van der Waals surface area contributed by atoms with Gasteiger partial charge in [-0.2, -0.15) is 0 Å². The fraction of sp³-hybridized carbons (Fsp3) is 0.500. The number of hydrogen-bond donors (Lipinski definition) is 3. The van der Waals surface area contributed by atoms with E-state index in [1.54, 1.807) is 35.9 Å². The average molecular weight is 554 g/mol. The van der Waals surface area contributed by atoms with Crippen LogP contribution in [-0.4, -0.2) is 78.1 Å². The summed E-state index contributed by atoms with van der Waals surface area (Å²) in [6, 6.07) is 13.2. The molecule has 4 rings (SSSR count). The van der Waals surface area contributed by atoms with Crippen LogP contribution < -0.4 is 20.7 Å². The van der Waals surface area contributed by atoms with E-state index in [0.717, 1.165) is 5.56 Å². The first kappa shape index (κ1) is 29.3. The lowest BCUT2D eigenvalue weighted by atomic mass is 9.85. The van der Waals surface area contributed by atoms with E-state index in [9.17, 15) is 18.8 Å². The zero-order chi connectivity index (χ0) is 29.0. The van der Waals surface area contributed by atoms with Crippen LogP contribution in [0.3, 0.4) is 0 Å². The van der Waals surface area contributed by atoms with Crippen LogP contribution in [0.2, 0.25) is 0 Å². The SMILES string of the molecule is CN[C@@H](C)C(=O)N[C@H](C(=O)N1CC[C@@H]2[C@H]1[C@@H](Oc1ccc(F)cc1)CN2C(=O)NCc1ccccc1)C(C)(C)C. The zero-order valence-electron chi connectivity index (χ0n) is 23.8. The molecule has 2 aromatic rings. The molecule has 0 bridgehead atoms. The van der Waals surface area contributed by atoms with Gasteiger partial charge in [0.25, 0.3) is 0 Å². The summed E-state index contributed by atoms with van der Waals surface area (Å²) >= 11 is 0. The summed E-state index contributed by atoms with van der Waals surface area (Å²) in [5.41, 5.74) is 0.422. The van der Waals surface area contributed by atoms with E-state index in [4.69, 9.17) is 4.74 Å². The third-order valence-corrected chi connectivity index (χ3v) is 7.74. The highest BCUT2D eigenvalue weighted by atomic mass is 19.1. The van der Waals surface area contributed by atoms with E-state index in [1.165, 1.54) is 12.1 Å². The number of carbonyl (C=O) groups excluding carboxylic acids is 3. The molecular weight excluding hydrogens is 513 g/mol. The van der Waals surface area contributed by atoms with E-state index in [1.807, 2.05) is 51.1 Å². The van der Waals surface area contributed by atoms with Gasteiger partial charge in [0.1, 0.15) is 23.7 Å². The van der Waals surface area contributed by atoms with Crippen LogP contribution in [0.4, 0.5) is 9.18 Å². The van der Waals surface area contributed by atoms with E-state index in [0.29, 0.717) is 25.3 Å². The number of benzene rings is 2. The van der Waals surface area contributed by atoms with Gasteiger partial charge in [-0.15, -0.1) is 0 Å². The zero-order valence-corrected chi connectivity index (χ0v) is 23.8. The van der Waals surface area contributed by atoms with Gasteiger partial charge in [-0.1, -0.05) is 51.1 Å². The molecule has 0 aromatic heterocycles. The fourth-order valence-corrected chi connectivity index (χ4v) is 5.40. The highest BCUT2D eigenvalue weighted by molar-refractivity contribution is 5.90. The maximum atomic E-state index is 14.1. The minimum atomic E-state index is -0.776. The first-order chi connectivity index (χ1) is 19.0. The van der Waals surface area contributed by atoms with Gasteiger partial charge in [0.15, 0.2) is 0 Å². The van der Waals surface area contributed by atoms with Crippen LogP contribution in [0.15, 0.2) is 54.6 Å². The molecule has 2 aliphatic heterocycles. The number of likely N-dealkylation sites (tertiary alicyclic amines) is 2. The lowest BCUT2D eigenvalue weighted by Crippen LogP contribution is -2.59. The number of amides is 4. The molecule has 9 nitrogen and oxygen atoms in total. The first-order valence-electron chi connectivity index (χ1n) is 13.8. The van der Waals surface area contributed by atoms with E-state index >= 15 is 0 Å². The normalized spacial score (nSPS) is 21.9. The highest BCUT2D eigenvalue weighted by Gasteiger charge is 2.54. The highest BCUT2D eigenvalue weighted by Crippen LogP contribution is 2.36. The average Bonchev–Trinajstić information content (AvgIpc) is 3.52.